The van der Waals surface area contributed by atoms with Crippen LogP contribution in [0.2, 0.25) is 0 Å². The Hall–Kier alpha value is -1.40. The van der Waals surface area contributed by atoms with Gasteiger partial charge in [0.2, 0.25) is 0 Å². The maximum Gasteiger partial charge on any atom is 0.261 e. The first-order valence-corrected chi connectivity index (χ1v) is 9.16. The third-order valence-electron chi connectivity index (χ3n) is 4.25. The standard InChI is InChI=1S/C17H25N3O2S/c1-10(2)9-20-17-13(11(3)19-20)8-15(23-17)16(21)18-12(4)14-6-5-7-22-14/h8,10,12,14H,5-7,9H2,1-4H3,(H,18,21)/t12-,14-/m1/s1. The molecule has 2 aromatic heterocycles. The molecule has 2 atom stereocenters. The molecule has 3 rings (SSSR count). The number of hydrogen-bond donors (Lipinski definition) is 1. The van der Waals surface area contributed by atoms with Crippen LogP contribution in [-0.2, 0) is 11.3 Å². The van der Waals surface area contributed by atoms with Crippen molar-refractivity contribution in [1.29, 1.82) is 0 Å². The zero-order valence-corrected chi connectivity index (χ0v) is 15.1. The Morgan fingerprint density at radius 1 is 1.52 bits per heavy atom. The van der Waals surface area contributed by atoms with Crippen molar-refractivity contribution in [2.75, 3.05) is 6.61 Å². The minimum Gasteiger partial charge on any atom is -0.376 e. The number of amides is 1. The van der Waals surface area contributed by atoms with E-state index in [1.165, 1.54) is 11.3 Å². The lowest BCUT2D eigenvalue weighted by molar-refractivity contribution is 0.0714. The third kappa shape index (κ3) is 3.43. The molecule has 3 heterocycles. The number of carbonyl (C=O) groups excluding carboxylic acids is 1. The van der Waals surface area contributed by atoms with Gasteiger partial charge in [-0.1, -0.05) is 13.8 Å². The Morgan fingerprint density at radius 2 is 2.30 bits per heavy atom. The highest BCUT2D eigenvalue weighted by molar-refractivity contribution is 7.20. The summed E-state index contributed by atoms with van der Waals surface area (Å²) in [5.74, 6) is 0.515. The molecule has 0 aromatic carbocycles. The van der Waals surface area contributed by atoms with Crippen LogP contribution in [0.4, 0.5) is 0 Å². The van der Waals surface area contributed by atoms with E-state index in [2.05, 4.69) is 24.3 Å². The molecule has 1 N–H and O–H groups in total. The Bertz CT molecular complexity index is 698. The van der Waals surface area contributed by atoms with Gasteiger partial charge in [0.25, 0.3) is 5.91 Å². The fraction of sp³-hybridized carbons (Fsp3) is 0.647. The zero-order valence-electron chi connectivity index (χ0n) is 14.3. The molecule has 1 aliphatic heterocycles. The van der Waals surface area contributed by atoms with Gasteiger partial charge in [0.15, 0.2) is 0 Å². The van der Waals surface area contributed by atoms with Crippen LogP contribution >= 0.6 is 11.3 Å². The summed E-state index contributed by atoms with van der Waals surface area (Å²) < 4.78 is 7.68. The van der Waals surface area contributed by atoms with E-state index in [0.29, 0.717) is 5.92 Å². The van der Waals surface area contributed by atoms with Gasteiger partial charge in [-0.25, -0.2) is 0 Å². The van der Waals surface area contributed by atoms with Gasteiger partial charge in [0.05, 0.1) is 22.7 Å². The molecule has 6 heteroatoms. The second kappa shape index (κ2) is 6.61. The maximum atomic E-state index is 12.5. The lowest BCUT2D eigenvalue weighted by Gasteiger charge is -2.19. The van der Waals surface area contributed by atoms with Crippen LogP contribution in [0.15, 0.2) is 6.07 Å². The predicted octanol–water partition coefficient (Wildman–Crippen LogP) is 3.36. The zero-order chi connectivity index (χ0) is 16.6. The molecule has 5 nitrogen and oxygen atoms in total. The van der Waals surface area contributed by atoms with Crippen molar-refractivity contribution in [3.63, 3.8) is 0 Å². The highest BCUT2D eigenvalue weighted by atomic mass is 32.1. The SMILES string of the molecule is Cc1nn(CC(C)C)c2sc(C(=O)N[C@H](C)[C@H]3CCCO3)cc12. The van der Waals surface area contributed by atoms with Crippen LogP contribution in [0.1, 0.15) is 49.0 Å². The van der Waals surface area contributed by atoms with Crippen molar-refractivity contribution in [1.82, 2.24) is 15.1 Å². The number of carbonyl (C=O) groups is 1. The van der Waals surface area contributed by atoms with Gasteiger partial charge < -0.3 is 10.1 Å². The molecule has 1 fully saturated rings. The van der Waals surface area contributed by atoms with Crippen LogP contribution in [0, 0.1) is 12.8 Å². The summed E-state index contributed by atoms with van der Waals surface area (Å²) >= 11 is 1.53. The van der Waals surface area contributed by atoms with Crippen LogP contribution in [-0.4, -0.2) is 34.4 Å². The number of hydrogen-bond acceptors (Lipinski definition) is 4. The maximum absolute atomic E-state index is 12.5. The molecule has 0 unspecified atom stereocenters. The number of aryl methyl sites for hydroxylation is 1. The molecule has 23 heavy (non-hydrogen) atoms. The molecule has 126 valence electrons. The van der Waals surface area contributed by atoms with Crippen molar-refractivity contribution >= 4 is 27.5 Å². The summed E-state index contributed by atoms with van der Waals surface area (Å²) in [6.07, 6.45) is 2.25. The summed E-state index contributed by atoms with van der Waals surface area (Å²) in [4.78, 5) is 14.4. The normalized spacial score (nSPS) is 19.6. The van der Waals surface area contributed by atoms with Crippen molar-refractivity contribution in [3.8, 4) is 0 Å². The van der Waals surface area contributed by atoms with E-state index in [1.807, 2.05) is 24.6 Å². The minimum atomic E-state index is -0.00954. The fourth-order valence-electron chi connectivity index (χ4n) is 3.06. The molecule has 0 saturated carbocycles. The average Bonchev–Trinajstić information content (AvgIpc) is 3.18. The Labute approximate surface area is 141 Å². The predicted molar refractivity (Wildman–Crippen MR) is 93.1 cm³/mol. The molecule has 1 aliphatic rings. The molecule has 0 spiro atoms. The number of thiophene rings is 1. The number of nitrogens with zero attached hydrogens (tertiary/aromatic N) is 2. The van der Waals surface area contributed by atoms with E-state index in [4.69, 9.17) is 4.74 Å². The van der Waals surface area contributed by atoms with Crippen molar-refractivity contribution in [2.24, 2.45) is 5.92 Å². The van der Waals surface area contributed by atoms with Gasteiger partial charge in [-0.2, -0.15) is 5.10 Å². The number of rotatable bonds is 5. The van der Waals surface area contributed by atoms with Gasteiger partial charge in [0.1, 0.15) is 4.83 Å². The summed E-state index contributed by atoms with van der Waals surface area (Å²) in [5, 5.41) is 8.76. The lowest BCUT2D eigenvalue weighted by atomic mass is 10.1. The van der Waals surface area contributed by atoms with E-state index >= 15 is 0 Å². The quantitative estimate of drug-likeness (QED) is 0.911. The van der Waals surface area contributed by atoms with E-state index in [0.717, 1.165) is 46.8 Å². The van der Waals surface area contributed by atoms with Crippen molar-refractivity contribution in [3.05, 3.63) is 16.6 Å². The molecule has 1 amide bonds. The molecular formula is C17H25N3O2S. The summed E-state index contributed by atoms with van der Waals surface area (Å²) in [7, 11) is 0. The van der Waals surface area contributed by atoms with Gasteiger partial charge >= 0.3 is 0 Å². The molecule has 0 bridgehead atoms. The lowest BCUT2D eigenvalue weighted by Crippen LogP contribution is -2.40. The van der Waals surface area contributed by atoms with Gasteiger partial charge in [-0.15, -0.1) is 11.3 Å². The van der Waals surface area contributed by atoms with Crippen molar-refractivity contribution < 1.29 is 9.53 Å². The first-order valence-electron chi connectivity index (χ1n) is 8.35. The fourth-order valence-corrected chi connectivity index (χ4v) is 4.14. The van der Waals surface area contributed by atoms with Crippen LogP contribution in [0.3, 0.4) is 0 Å². The van der Waals surface area contributed by atoms with Crippen LogP contribution in [0.5, 0.6) is 0 Å². The highest BCUT2D eigenvalue weighted by Crippen LogP contribution is 2.29. The van der Waals surface area contributed by atoms with E-state index < -0.39 is 0 Å². The smallest absolute Gasteiger partial charge is 0.261 e. The van der Waals surface area contributed by atoms with E-state index in [9.17, 15) is 4.79 Å². The highest BCUT2D eigenvalue weighted by Gasteiger charge is 2.25. The number of nitrogens with one attached hydrogen (secondary N) is 1. The largest absolute Gasteiger partial charge is 0.376 e. The summed E-state index contributed by atoms with van der Waals surface area (Å²) in [6.45, 7) is 10.0. The first-order chi connectivity index (χ1) is 11.0. The van der Waals surface area contributed by atoms with Crippen LogP contribution < -0.4 is 5.32 Å². The number of ether oxygens (including phenoxy) is 1. The first kappa shape index (κ1) is 16.5. The van der Waals surface area contributed by atoms with Gasteiger partial charge in [-0.05, 0) is 38.7 Å². The van der Waals surface area contributed by atoms with E-state index in [1.54, 1.807) is 0 Å². The summed E-state index contributed by atoms with van der Waals surface area (Å²) in [5.41, 5.74) is 0.989. The second-order valence-corrected chi connectivity index (χ2v) is 7.84. The molecule has 0 radical (unpaired) electrons. The molecule has 2 aromatic rings. The second-order valence-electron chi connectivity index (χ2n) is 6.80. The molecule has 1 saturated heterocycles. The molecular weight excluding hydrogens is 310 g/mol. The van der Waals surface area contributed by atoms with Gasteiger partial charge in [-0.3, -0.25) is 9.48 Å². The molecule has 0 aliphatic carbocycles. The summed E-state index contributed by atoms with van der Waals surface area (Å²) in [6, 6.07) is 2.01. The average molecular weight is 335 g/mol. The monoisotopic (exact) mass is 335 g/mol. The minimum absolute atomic E-state index is 0.00954. The third-order valence-corrected chi connectivity index (χ3v) is 5.40. The van der Waals surface area contributed by atoms with Crippen LogP contribution in [0.25, 0.3) is 10.2 Å². The van der Waals surface area contributed by atoms with Gasteiger partial charge in [0, 0.05) is 18.5 Å². The number of aromatic nitrogens is 2. The van der Waals surface area contributed by atoms with Crippen molar-refractivity contribution in [2.45, 2.75) is 59.2 Å². The topological polar surface area (TPSA) is 56.2 Å². The van der Waals surface area contributed by atoms with E-state index in [-0.39, 0.29) is 18.1 Å². The Kier molecular flexibility index (Phi) is 4.73. The Morgan fingerprint density at radius 3 is 2.96 bits per heavy atom. The number of fused-ring (bicyclic) bond motifs is 1. The Balaban J connectivity index is 1.78.